The number of ether oxygens (including phenoxy) is 3. The average molecular weight is 466 g/mol. The Morgan fingerprint density at radius 2 is 1.51 bits per heavy atom. The second-order valence-corrected chi connectivity index (χ2v) is 8.26. The topological polar surface area (TPSA) is 56.8 Å². The second kappa shape index (κ2) is 10.3. The van der Waals surface area contributed by atoms with Crippen molar-refractivity contribution in [3.8, 4) is 28.4 Å². The molecule has 5 heteroatoms. The van der Waals surface area contributed by atoms with Crippen LogP contribution in [0.15, 0.2) is 91.0 Å². The molecule has 0 heterocycles. The Morgan fingerprint density at radius 3 is 2.37 bits per heavy atom. The van der Waals surface area contributed by atoms with Crippen LogP contribution in [-0.2, 0) is 6.42 Å². The molecule has 35 heavy (non-hydrogen) atoms. The Balaban J connectivity index is 1.25. The van der Waals surface area contributed by atoms with E-state index in [4.69, 9.17) is 14.2 Å². The number of carbonyl (C=O) groups is 1. The third-order valence-electron chi connectivity index (χ3n) is 5.91. The zero-order chi connectivity index (χ0) is 24.0. The zero-order valence-electron chi connectivity index (χ0n) is 19.6. The third kappa shape index (κ3) is 5.14. The van der Waals surface area contributed by atoms with Crippen molar-refractivity contribution in [2.75, 3.05) is 25.1 Å². The molecule has 0 bridgehead atoms. The monoisotopic (exact) mass is 465 g/mol. The largest absolute Gasteiger partial charge is 0.490 e. The molecule has 5 rings (SSSR count). The van der Waals surface area contributed by atoms with E-state index in [-0.39, 0.29) is 5.91 Å². The zero-order valence-corrected chi connectivity index (χ0v) is 19.6. The van der Waals surface area contributed by atoms with Crippen LogP contribution in [0.3, 0.4) is 0 Å². The van der Waals surface area contributed by atoms with Gasteiger partial charge in [0.05, 0.1) is 6.61 Å². The minimum absolute atomic E-state index is 0.198. The van der Waals surface area contributed by atoms with E-state index < -0.39 is 0 Å². The lowest BCUT2D eigenvalue weighted by Crippen LogP contribution is -2.13. The minimum atomic E-state index is -0.198. The molecule has 4 aromatic carbocycles. The fraction of sp³-hybridized carbons (Fsp3) is 0.167. The Morgan fingerprint density at radius 1 is 0.743 bits per heavy atom. The lowest BCUT2D eigenvalue weighted by Gasteiger charge is -2.14. The molecule has 1 aliphatic rings. The number of rotatable bonds is 9. The molecular formula is C30H27NO4. The summed E-state index contributed by atoms with van der Waals surface area (Å²) in [7, 11) is 0. The van der Waals surface area contributed by atoms with E-state index >= 15 is 0 Å². The van der Waals surface area contributed by atoms with Gasteiger partial charge in [-0.1, -0.05) is 48.5 Å². The molecule has 0 atom stereocenters. The fourth-order valence-electron chi connectivity index (χ4n) is 4.27. The maximum atomic E-state index is 13.0. The lowest BCUT2D eigenvalue weighted by molar-refractivity contribution is 0.102. The van der Waals surface area contributed by atoms with E-state index in [1.54, 1.807) is 18.2 Å². The predicted octanol–water partition coefficient (Wildman–Crippen LogP) is 6.37. The molecule has 0 fully saturated rings. The van der Waals surface area contributed by atoms with Gasteiger partial charge in [0, 0.05) is 11.3 Å². The van der Waals surface area contributed by atoms with Crippen molar-refractivity contribution in [3.63, 3.8) is 0 Å². The maximum Gasteiger partial charge on any atom is 0.255 e. The molecule has 0 unspecified atom stereocenters. The number of benzene rings is 4. The highest BCUT2D eigenvalue weighted by atomic mass is 16.5. The molecule has 1 amide bonds. The van der Waals surface area contributed by atoms with Crippen LogP contribution in [0.1, 0.15) is 28.4 Å². The Kier molecular flexibility index (Phi) is 6.66. The normalized spacial score (nSPS) is 11.3. The van der Waals surface area contributed by atoms with Crippen LogP contribution in [0.5, 0.6) is 17.2 Å². The van der Waals surface area contributed by atoms with Gasteiger partial charge in [0.2, 0.25) is 0 Å². The minimum Gasteiger partial charge on any atom is -0.490 e. The van der Waals surface area contributed by atoms with Gasteiger partial charge in [-0.25, -0.2) is 0 Å². The maximum absolute atomic E-state index is 13.0. The van der Waals surface area contributed by atoms with Gasteiger partial charge in [0.15, 0.2) is 11.5 Å². The molecule has 176 valence electrons. The van der Waals surface area contributed by atoms with Gasteiger partial charge in [-0.05, 0) is 78.1 Å². The van der Waals surface area contributed by atoms with Crippen molar-refractivity contribution in [2.24, 2.45) is 0 Å². The summed E-state index contributed by atoms with van der Waals surface area (Å²) >= 11 is 0. The highest BCUT2D eigenvalue weighted by Crippen LogP contribution is 2.38. The third-order valence-corrected chi connectivity index (χ3v) is 5.91. The first-order valence-electron chi connectivity index (χ1n) is 11.8. The summed E-state index contributed by atoms with van der Waals surface area (Å²) in [6.07, 6.45) is 0.926. The van der Waals surface area contributed by atoms with Crippen LogP contribution in [0.2, 0.25) is 0 Å². The average Bonchev–Trinajstić information content (AvgIpc) is 3.26. The Bertz CT molecular complexity index is 1330. The summed E-state index contributed by atoms with van der Waals surface area (Å²) in [4.78, 5) is 13.0. The van der Waals surface area contributed by atoms with Crippen LogP contribution in [-0.4, -0.2) is 25.7 Å². The smallest absolute Gasteiger partial charge is 0.255 e. The number of hydrogen-bond donors (Lipinski definition) is 1. The molecular weight excluding hydrogens is 438 g/mol. The number of para-hydroxylation sites is 1. The van der Waals surface area contributed by atoms with Gasteiger partial charge < -0.3 is 19.5 Å². The van der Waals surface area contributed by atoms with Gasteiger partial charge in [0.1, 0.15) is 19.0 Å². The number of anilines is 1. The van der Waals surface area contributed by atoms with E-state index in [2.05, 4.69) is 29.6 Å². The van der Waals surface area contributed by atoms with E-state index in [1.165, 1.54) is 22.3 Å². The van der Waals surface area contributed by atoms with Gasteiger partial charge in [-0.3, -0.25) is 4.79 Å². The molecule has 0 saturated heterocycles. The first-order valence-corrected chi connectivity index (χ1v) is 11.8. The highest BCUT2D eigenvalue weighted by molar-refractivity contribution is 6.05. The van der Waals surface area contributed by atoms with Gasteiger partial charge in [0.25, 0.3) is 5.91 Å². The Labute approximate surface area is 205 Å². The first kappa shape index (κ1) is 22.5. The molecule has 1 aliphatic carbocycles. The SMILES string of the molecule is CCOc1cc(C(=O)Nc2ccc3c(c2)-c2ccccc2C3)ccc1OCCOc1ccccc1. The van der Waals surface area contributed by atoms with Crippen molar-refractivity contribution in [1.82, 2.24) is 0 Å². The molecule has 1 N–H and O–H groups in total. The predicted molar refractivity (Wildman–Crippen MR) is 138 cm³/mol. The summed E-state index contributed by atoms with van der Waals surface area (Å²) in [6, 6.07) is 29.3. The highest BCUT2D eigenvalue weighted by Gasteiger charge is 2.19. The quantitative estimate of drug-likeness (QED) is 0.257. The van der Waals surface area contributed by atoms with Gasteiger partial charge in [-0.15, -0.1) is 0 Å². The summed E-state index contributed by atoms with van der Waals surface area (Å²) < 4.78 is 17.3. The van der Waals surface area contributed by atoms with Crippen molar-refractivity contribution < 1.29 is 19.0 Å². The van der Waals surface area contributed by atoms with Crippen LogP contribution in [0, 0.1) is 0 Å². The van der Waals surface area contributed by atoms with Crippen molar-refractivity contribution >= 4 is 11.6 Å². The Hall–Kier alpha value is -4.25. The van der Waals surface area contributed by atoms with Crippen LogP contribution >= 0.6 is 0 Å². The molecule has 0 aliphatic heterocycles. The standard InChI is InChI=1S/C30H27NO4/c1-2-33-29-19-23(13-15-28(29)35-17-16-34-25-9-4-3-5-10-25)30(32)31-24-14-12-22-18-21-8-6-7-11-26(21)27(22)20-24/h3-15,19-20H,2,16-18H2,1H3,(H,31,32). The molecule has 0 saturated carbocycles. The molecule has 4 aromatic rings. The molecule has 0 aromatic heterocycles. The van der Waals surface area contributed by atoms with Crippen molar-refractivity contribution in [2.45, 2.75) is 13.3 Å². The molecule has 0 spiro atoms. The number of nitrogens with one attached hydrogen (secondary N) is 1. The number of carbonyl (C=O) groups excluding carboxylic acids is 1. The van der Waals surface area contributed by atoms with E-state index in [1.807, 2.05) is 55.5 Å². The van der Waals surface area contributed by atoms with Crippen LogP contribution in [0.25, 0.3) is 11.1 Å². The van der Waals surface area contributed by atoms with Gasteiger partial charge in [-0.2, -0.15) is 0 Å². The van der Waals surface area contributed by atoms with Crippen molar-refractivity contribution in [1.29, 1.82) is 0 Å². The fourth-order valence-corrected chi connectivity index (χ4v) is 4.27. The van der Waals surface area contributed by atoms with Gasteiger partial charge >= 0.3 is 0 Å². The molecule has 0 radical (unpaired) electrons. The summed E-state index contributed by atoms with van der Waals surface area (Å²) in [5.74, 6) is 1.70. The number of amides is 1. The first-order chi connectivity index (χ1) is 17.2. The van der Waals surface area contributed by atoms with Crippen LogP contribution < -0.4 is 19.5 Å². The second-order valence-electron chi connectivity index (χ2n) is 8.26. The van der Waals surface area contributed by atoms with E-state index in [0.717, 1.165) is 17.9 Å². The number of hydrogen-bond acceptors (Lipinski definition) is 4. The van der Waals surface area contributed by atoms with Crippen LogP contribution in [0.4, 0.5) is 5.69 Å². The number of fused-ring (bicyclic) bond motifs is 3. The molecule has 5 nitrogen and oxygen atoms in total. The lowest BCUT2D eigenvalue weighted by atomic mass is 10.1. The van der Waals surface area contributed by atoms with E-state index in [9.17, 15) is 4.79 Å². The van der Waals surface area contributed by atoms with E-state index in [0.29, 0.717) is 36.9 Å². The summed E-state index contributed by atoms with van der Waals surface area (Å²) in [5.41, 5.74) is 6.27. The van der Waals surface area contributed by atoms with Crippen molar-refractivity contribution in [3.05, 3.63) is 108 Å². The summed E-state index contributed by atoms with van der Waals surface area (Å²) in [5, 5.41) is 3.02. The summed E-state index contributed by atoms with van der Waals surface area (Å²) in [6.45, 7) is 3.12.